The molecule has 0 spiro atoms. The molecule has 0 bridgehead atoms. The highest BCUT2D eigenvalue weighted by Gasteiger charge is 2.00. The minimum atomic E-state index is 0.518. The molecular weight excluding hydrogens is 198 g/mol. The third-order valence-corrected chi connectivity index (χ3v) is 2.19. The number of aryl methyl sites for hydroxylation is 1. The largest absolute Gasteiger partial charge is 0.466 e. The Kier molecular flexibility index (Phi) is 2.55. The Morgan fingerprint density at radius 3 is 2.71 bits per heavy atom. The zero-order chi connectivity index (χ0) is 9.97. The van der Waals surface area contributed by atoms with Crippen molar-refractivity contribution in [2.45, 2.75) is 13.3 Å². The van der Waals surface area contributed by atoms with Crippen LogP contribution in [0.15, 0.2) is 34.9 Å². The summed E-state index contributed by atoms with van der Waals surface area (Å²) in [5.41, 5.74) is 1.10. The highest BCUT2D eigenvalue weighted by molar-refractivity contribution is 6.29. The van der Waals surface area contributed by atoms with Crippen LogP contribution in [0.4, 0.5) is 0 Å². The average Bonchev–Trinajstić information content (AvgIpc) is 2.56. The van der Waals surface area contributed by atoms with Gasteiger partial charge in [-0.2, -0.15) is 0 Å². The third-order valence-electron chi connectivity index (χ3n) is 1.96. The van der Waals surface area contributed by atoms with E-state index in [0.29, 0.717) is 5.15 Å². The molecule has 0 unspecified atom stereocenters. The lowest BCUT2D eigenvalue weighted by Crippen LogP contribution is -1.86. The van der Waals surface area contributed by atoms with E-state index in [4.69, 9.17) is 16.0 Å². The normalized spacial score (nSPS) is 10.4. The van der Waals surface area contributed by atoms with Gasteiger partial charge < -0.3 is 4.42 Å². The number of halogens is 1. The second-order valence-corrected chi connectivity index (χ2v) is 3.57. The second kappa shape index (κ2) is 3.84. The number of rotatable bonds is 2. The molecule has 0 saturated carbocycles. The highest BCUT2D eigenvalue weighted by Crippen LogP contribution is 2.13. The molecule has 0 atom stereocenters. The summed E-state index contributed by atoms with van der Waals surface area (Å²) in [6.07, 6.45) is 2.53. The van der Waals surface area contributed by atoms with Crippen LogP contribution < -0.4 is 0 Å². The van der Waals surface area contributed by atoms with E-state index in [1.165, 1.54) is 0 Å². The van der Waals surface area contributed by atoms with Crippen LogP contribution in [0.25, 0.3) is 0 Å². The van der Waals surface area contributed by atoms with E-state index >= 15 is 0 Å². The van der Waals surface area contributed by atoms with Gasteiger partial charge in [0.25, 0.3) is 0 Å². The van der Waals surface area contributed by atoms with E-state index in [1.54, 1.807) is 12.3 Å². The van der Waals surface area contributed by atoms with E-state index in [0.717, 1.165) is 23.5 Å². The summed E-state index contributed by atoms with van der Waals surface area (Å²) in [5.74, 6) is 1.88. The van der Waals surface area contributed by atoms with Gasteiger partial charge in [-0.15, -0.1) is 0 Å². The Morgan fingerprint density at radius 2 is 2.14 bits per heavy atom. The lowest BCUT2D eigenvalue weighted by molar-refractivity contribution is 0.493. The quantitative estimate of drug-likeness (QED) is 0.707. The summed E-state index contributed by atoms with van der Waals surface area (Å²) in [6.45, 7) is 1.93. The molecule has 14 heavy (non-hydrogen) atoms. The molecule has 3 heteroatoms. The second-order valence-electron chi connectivity index (χ2n) is 3.18. The van der Waals surface area contributed by atoms with Crippen molar-refractivity contribution in [3.63, 3.8) is 0 Å². The van der Waals surface area contributed by atoms with Gasteiger partial charge in [-0.1, -0.05) is 17.7 Å². The molecule has 2 aromatic heterocycles. The molecule has 0 aliphatic carbocycles. The first-order valence-electron chi connectivity index (χ1n) is 4.40. The Bertz CT molecular complexity index is 419. The van der Waals surface area contributed by atoms with Crippen LogP contribution in [0.1, 0.15) is 17.1 Å². The fourth-order valence-corrected chi connectivity index (χ4v) is 1.40. The van der Waals surface area contributed by atoms with Crippen LogP contribution in [0.3, 0.4) is 0 Å². The van der Waals surface area contributed by atoms with Crippen LogP contribution in [0.2, 0.25) is 5.15 Å². The van der Waals surface area contributed by atoms with E-state index in [1.807, 2.05) is 25.1 Å². The number of hydrogen-bond donors (Lipinski definition) is 0. The fourth-order valence-electron chi connectivity index (χ4n) is 1.29. The first-order valence-corrected chi connectivity index (χ1v) is 4.77. The predicted molar refractivity (Wildman–Crippen MR) is 55.5 cm³/mol. The number of nitrogens with zero attached hydrogens (tertiary/aromatic N) is 1. The predicted octanol–water partition coefficient (Wildman–Crippen LogP) is 3.23. The zero-order valence-corrected chi connectivity index (χ0v) is 8.58. The molecule has 0 saturated heterocycles. The molecule has 2 aromatic rings. The topological polar surface area (TPSA) is 26.0 Å². The maximum absolute atomic E-state index is 5.68. The molecule has 0 radical (unpaired) electrons. The van der Waals surface area contributed by atoms with Crippen molar-refractivity contribution in [1.29, 1.82) is 0 Å². The molecular formula is C11H10ClNO. The van der Waals surface area contributed by atoms with Crippen molar-refractivity contribution < 1.29 is 4.42 Å². The van der Waals surface area contributed by atoms with E-state index < -0.39 is 0 Å². The molecule has 0 aliphatic rings. The SMILES string of the molecule is Cc1ccc(Cc2ccc(Cl)nc2)o1. The zero-order valence-electron chi connectivity index (χ0n) is 7.83. The van der Waals surface area contributed by atoms with Gasteiger partial charge in [0.2, 0.25) is 0 Å². The van der Waals surface area contributed by atoms with E-state index in [-0.39, 0.29) is 0 Å². The van der Waals surface area contributed by atoms with Crippen LogP contribution in [0, 0.1) is 6.92 Å². The van der Waals surface area contributed by atoms with E-state index in [9.17, 15) is 0 Å². The number of furan rings is 1. The Balaban J connectivity index is 2.15. The summed E-state index contributed by atoms with van der Waals surface area (Å²) in [5, 5.41) is 0.518. The first-order chi connectivity index (χ1) is 6.74. The van der Waals surface area contributed by atoms with Gasteiger partial charge in [0.15, 0.2) is 0 Å². The maximum atomic E-state index is 5.68. The molecule has 2 heterocycles. The van der Waals surface area contributed by atoms with Crippen LogP contribution in [-0.4, -0.2) is 4.98 Å². The number of pyridine rings is 1. The van der Waals surface area contributed by atoms with Gasteiger partial charge in [-0.3, -0.25) is 0 Å². The van der Waals surface area contributed by atoms with Crippen molar-refractivity contribution in [3.8, 4) is 0 Å². The molecule has 0 aliphatic heterocycles. The van der Waals surface area contributed by atoms with Gasteiger partial charge >= 0.3 is 0 Å². The van der Waals surface area contributed by atoms with Crippen LogP contribution in [-0.2, 0) is 6.42 Å². The molecule has 72 valence electrons. The smallest absolute Gasteiger partial charge is 0.129 e. The van der Waals surface area contributed by atoms with Gasteiger partial charge in [0.05, 0.1) is 0 Å². The molecule has 0 aromatic carbocycles. The number of hydrogen-bond acceptors (Lipinski definition) is 2. The molecule has 2 rings (SSSR count). The minimum absolute atomic E-state index is 0.518. The summed E-state index contributed by atoms with van der Waals surface area (Å²) >= 11 is 5.68. The van der Waals surface area contributed by atoms with Gasteiger partial charge in [0, 0.05) is 12.6 Å². The van der Waals surface area contributed by atoms with E-state index in [2.05, 4.69) is 4.98 Å². The lowest BCUT2D eigenvalue weighted by Gasteiger charge is -1.97. The Morgan fingerprint density at radius 1 is 1.29 bits per heavy atom. The Labute approximate surface area is 87.5 Å². The lowest BCUT2D eigenvalue weighted by atomic mass is 10.2. The van der Waals surface area contributed by atoms with Crippen LogP contribution >= 0.6 is 11.6 Å². The fraction of sp³-hybridized carbons (Fsp3) is 0.182. The van der Waals surface area contributed by atoms with Gasteiger partial charge in [-0.25, -0.2) is 4.98 Å². The summed E-state index contributed by atoms with van der Waals surface area (Å²) in [4.78, 5) is 4.01. The standard InChI is InChI=1S/C11H10ClNO/c1-8-2-4-10(14-8)6-9-3-5-11(12)13-7-9/h2-5,7H,6H2,1H3. The summed E-state index contributed by atoms with van der Waals surface area (Å²) < 4.78 is 5.46. The van der Waals surface area contributed by atoms with Crippen molar-refractivity contribution in [2.24, 2.45) is 0 Å². The monoisotopic (exact) mass is 207 g/mol. The minimum Gasteiger partial charge on any atom is -0.466 e. The third kappa shape index (κ3) is 2.15. The highest BCUT2D eigenvalue weighted by atomic mass is 35.5. The van der Waals surface area contributed by atoms with Crippen molar-refractivity contribution in [3.05, 3.63) is 52.7 Å². The molecule has 2 nitrogen and oxygen atoms in total. The van der Waals surface area contributed by atoms with Crippen molar-refractivity contribution >= 4 is 11.6 Å². The van der Waals surface area contributed by atoms with Crippen molar-refractivity contribution in [1.82, 2.24) is 4.98 Å². The first kappa shape index (κ1) is 9.28. The van der Waals surface area contributed by atoms with Crippen LogP contribution in [0.5, 0.6) is 0 Å². The van der Waals surface area contributed by atoms with Gasteiger partial charge in [0.1, 0.15) is 16.7 Å². The number of aromatic nitrogens is 1. The molecule has 0 N–H and O–H groups in total. The summed E-state index contributed by atoms with van der Waals surface area (Å²) in [6, 6.07) is 7.67. The molecule has 0 fully saturated rings. The molecule has 0 amide bonds. The Hall–Kier alpha value is -1.28. The van der Waals surface area contributed by atoms with Crippen molar-refractivity contribution in [2.75, 3.05) is 0 Å². The van der Waals surface area contributed by atoms with Gasteiger partial charge in [-0.05, 0) is 30.7 Å². The maximum Gasteiger partial charge on any atom is 0.129 e. The summed E-state index contributed by atoms with van der Waals surface area (Å²) in [7, 11) is 0. The average molecular weight is 208 g/mol.